The van der Waals surface area contributed by atoms with Gasteiger partial charge in [0.05, 0.1) is 0 Å². The van der Waals surface area contributed by atoms with Gasteiger partial charge in [0, 0.05) is 6.07 Å². The molecule has 0 fully saturated rings. The number of hydrogen-bond donors (Lipinski definition) is 1. The third-order valence-corrected chi connectivity index (χ3v) is 1.02. The maximum atomic E-state index is 11.6. The van der Waals surface area contributed by atoms with E-state index >= 15 is 0 Å². The van der Waals surface area contributed by atoms with Crippen LogP contribution < -0.4 is 4.74 Å². The van der Waals surface area contributed by atoms with Gasteiger partial charge in [0.15, 0.2) is 11.5 Å². The van der Waals surface area contributed by atoms with E-state index in [1.807, 2.05) is 0 Å². The van der Waals surface area contributed by atoms with Crippen molar-refractivity contribution >= 4 is 0 Å². The summed E-state index contributed by atoms with van der Waals surface area (Å²) >= 11 is 0. The lowest BCUT2D eigenvalue weighted by atomic mass is 10.3. The Morgan fingerprint density at radius 2 is 2.08 bits per heavy atom. The van der Waals surface area contributed by atoms with Crippen LogP contribution in [0, 0.1) is 6.07 Å². The second kappa shape index (κ2) is 2.92. The molecule has 0 amide bonds. The standard InChI is InChI=1S/C7H4F3O2/c8-7(9,10)12-6-4-2-1-3-5(6)11/h1-3,11H. The van der Waals surface area contributed by atoms with Gasteiger partial charge in [-0.25, -0.2) is 0 Å². The fourth-order valence-corrected chi connectivity index (χ4v) is 0.610. The summed E-state index contributed by atoms with van der Waals surface area (Å²) in [4.78, 5) is 0. The van der Waals surface area contributed by atoms with E-state index in [4.69, 9.17) is 5.11 Å². The fourth-order valence-electron chi connectivity index (χ4n) is 0.610. The maximum absolute atomic E-state index is 11.6. The van der Waals surface area contributed by atoms with Gasteiger partial charge < -0.3 is 9.84 Å². The molecule has 0 aliphatic rings. The molecule has 0 saturated heterocycles. The van der Waals surface area contributed by atoms with E-state index in [-0.39, 0.29) is 0 Å². The molecule has 1 aromatic rings. The normalized spacial score (nSPS) is 11.2. The molecule has 0 aliphatic carbocycles. The van der Waals surface area contributed by atoms with Crippen LogP contribution in [0.15, 0.2) is 18.2 Å². The molecule has 65 valence electrons. The number of halogens is 3. The highest BCUT2D eigenvalue weighted by atomic mass is 19.4. The maximum Gasteiger partial charge on any atom is 0.573 e. The molecule has 0 atom stereocenters. The van der Waals surface area contributed by atoms with Gasteiger partial charge in [-0.05, 0) is 6.07 Å². The van der Waals surface area contributed by atoms with Crippen molar-refractivity contribution < 1.29 is 23.0 Å². The van der Waals surface area contributed by atoms with Crippen molar-refractivity contribution in [3.05, 3.63) is 24.3 Å². The summed E-state index contributed by atoms with van der Waals surface area (Å²) in [5.74, 6) is -1.31. The van der Waals surface area contributed by atoms with Crippen LogP contribution in [0.1, 0.15) is 0 Å². The molecule has 0 bridgehead atoms. The molecule has 0 aliphatic heterocycles. The highest BCUT2D eigenvalue weighted by Gasteiger charge is 2.32. The minimum absolute atomic E-state index is 0.588. The van der Waals surface area contributed by atoms with E-state index in [0.717, 1.165) is 6.07 Å². The average molecular weight is 177 g/mol. The number of aromatic hydroxyl groups is 1. The first-order valence-corrected chi connectivity index (χ1v) is 2.94. The fraction of sp³-hybridized carbons (Fsp3) is 0.143. The molecule has 2 nitrogen and oxygen atoms in total. The third-order valence-electron chi connectivity index (χ3n) is 1.02. The summed E-state index contributed by atoms with van der Waals surface area (Å²) in [6.45, 7) is 0. The summed E-state index contributed by atoms with van der Waals surface area (Å²) < 4.78 is 38.1. The predicted octanol–water partition coefficient (Wildman–Crippen LogP) is 2.09. The zero-order valence-corrected chi connectivity index (χ0v) is 5.72. The summed E-state index contributed by atoms with van der Waals surface area (Å²) in [6.07, 6.45) is -4.80. The number of phenolic OH excluding ortho intramolecular Hbond substituents is 1. The van der Waals surface area contributed by atoms with Gasteiger partial charge in [0.2, 0.25) is 0 Å². The van der Waals surface area contributed by atoms with Gasteiger partial charge in [-0.1, -0.05) is 12.1 Å². The van der Waals surface area contributed by atoms with Gasteiger partial charge in [-0.3, -0.25) is 0 Å². The Morgan fingerprint density at radius 1 is 1.42 bits per heavy atom. The molecule has 0 spiro atoms. The van der Waals surface area contributed by atoms with Crippen molar-refractivity contribution in [1.82, 2.24) is 0 Å². The van der Waals surface area contributed by atoms with Crippen molar-refractivity contribution in [2.75, 3.05) is 0 Å². The Balaban J connectivity index is 2.83. The average Bonchev–Trinajstić information content (AvgIpc) is 1.91. The molecule has 1 rings (SSSR count). The first-order valence-electron chi connectivity index (χ1n) is 2.94. The van der Waals surface area contributed by atoms with E-state index in [0.29, 0.717) is 0 Å². The Bertz CT molecular complexity index is 270. The highest BCUT2D eigenvalue weighted by Crippen LogP contribution is 2.29. The first kappa shape index (κ1) is 8.70. The van der Waals surface area contributed by atoms with Gasteiger partial charge in [-0.15, -0.1) is 13.2 Å². The van der Waals surface area contributed by atoms with Gasteiger partial charge in [0.1, 0.15) is 0 Å². The van der Waals surface area contributed by atoms with Crippen molar-refractivity contribution in [3.8, 4) is 11.5 Å². The molecule has 0 aromatic heterocycles. The Kier molecular flexibility index (Phi) is 2.12. The lowest BCUT2D eigenvalue weighted by Gasteiger charge is -2.08. The smallest absolute Gasteiger partial charge is 0.504 e. The van der Waals surface area contributed by atoms with Gasteiger partial charge in [-0.2, -0.15) is 0 Å². The second-order valence-electron chi connectivity index (χ2n) is 1.93. The molecular formula is C7H4F3O2. The summed E-state index contributed by atoms with van der Waals surface area (Å²) in [7, 11) is 0. The molecule has 0 saturated carbocycles. The molecule has 0 unspecified atom stereocenters. The van der Waals surface area contributed by atoms with Crippen molar-refractivity contribution in [2.24, 2.45) is 0 Å². The first-order chi connectivity index (χ1) is 5.49. The zero-order chi connectivity index (χ0) is 9.19. The number of benzene rings is 1. The molecule has 12 heavy (non-hydrogen) atoms. The number of alkyl halides is 3. The topological polar surface area (TPSA) is 29.5 Å². The van der Waals surface area contributed by atoms with E-state index in [2.05, 4.69) is 10.8 Å². The largest absolute Gasteiger partial charge is 0.573 e. The number of hydrogen-bond acceptors (Lipinski definition) is 2. The lowest BCUT2D eigenvalue weighted by Crippen LogP contribution is -2.17. The third kappa shape index (κ3) is 2.34. The Hall–Kier alpha value is -1.39. The minimum Gasteiger partial charge on any atom is -0.504 e. The summed E-state index contributed by atoms with van der Waals surface area (Å²) in [5, 5.41) is 8.82. The van der Waals surface area contributed by atoms with Crippen LogP contribution in [0.3, 0.4) is 0 Å². The molecule has 1 aromatic carbocycles. The molecule has 0 heterocycles. The number of phenols is 1. The van der Waals surface area contributed by atoms with E-state index in [9.17, 15) is 13.2 Å². The number of rotatable bonds is 1. The molecule has 1 radical (unpaired) electrons. The lowest BCUT2D eigenvalue weighted by molar-refractivity contribution is -0.275. The SMILES string of the molecule is Oc1ccc[c]c1OC(F)(F)F. The summed E-state index contributed by atoms with van der Waals surface area (Å²) in [5.41, 5.74) is 0. The summed E-state index contributed by atoms with van der Waals surface area (Å²) in [6, 6.07) is 5.74. The van der Waals surface area contributed by atoms with Crippen LogP contribution >= 0.6 is 0 Å². The Labute approximate surface area is 66.2 Å². The molecule has 1 N–H and O–H groups in total. The van der Waals surface area contributed by atoms with Crippen molar-refractivity contribution in [1.29, 1.82) is 0 Å². The van der Waals surface area contributed by atoms with Gasteiger partial charge in [0.25, 0.3) is 0 Å². The monoisotopic (exact) mass is 177 g/mol. The second-order valence-corrected chi connectivity index (χ2v) is 1.93. The van der Waals surface area contributed by atoms with Crippen LogP contribution in [0.25, 0.3) is 0 Å². The Morgan fingerprint density at radius 3 is 2.58 bits per heavy atom. The highest BCUT2D eigenvalue weighted by molar-refractivity contribution is 5.36. The quantitative estimate of drug-likeness (QED) is 0.711. The zero-order valence-electron chi connectivity index (χ0n) is 5.72. The van der Waals surface area contributed by atoms with Crippen molar-refractivity contribution in [3.63, 3.8) is 0 Å². The molecular weight excluding hydrogens is 173 g/mol. The van der Waals surface area contributed by atoms with E-state index in [1.54, 1.807) is 0 Å². The van der Waals surface area contributed by atoms with E-state index in [1.165, 1.54) is 12.1 Å². The van der Waals surface area contributed by atoms with Crippen LogP contribution in [-0.4, -0.2) is 11.5 Å². The predicted molar refractivity (Wildman–Crippen MR) is 33.6 cm³/mol. The minimum atomic E-state index is -4.80. The van der Waals surface area contributed by atoms with E-state index < -0.39 is 17.9 Å². The van der Waals surface area contributed by atoms with Crippen LogP contribution in [0.4, 0.5) is 13.2 Å². The van der Waals surface area contributed by atoms with Crippen molar-refractivity contribution in [2.45, 2.75) is 6.36 Å². The number of ether oxygens (including phenoxy) is 1. The number of para-hydroxylation sites is 1. The van der Waals surface area contributed by atoms with Gasteiger partial charge >= 0.3 is 6.36 Å². The molecule has 5 heteroatoms. The van der Waals surface area contributed by atoms with Crippen LogP contribution in [0.5, 0.6) is 11.5 Å². The van der Waals surface area contributed by atoms with Crippen LogP contribution in [-0.2, 0) is 0 Å². The van der Waals surface area contributed by atoms with Crippen LogP contribution in [0.2, 0.25) is 0 Å².